The Morgan fingerprint density at radius 2 is 0.633 bits per heavy atom. The van der Waals surface area contributed by atoms with Gasteiger partial charge >= 0.3 is 0 Å². The maximum Gasteiger partial charge on any atom is 0.0548 e. The third kappa shape index (κ3) is 10.3. The minimum Gasteiger partial charge on any atom is -0.330 e. The van der Waals surface area contributed by atoms with Gasteiger partial charge in [-0.1, -0.05) is 119 Å². The van der Waals surface area contributed by atoms with Crippen LogP contribution in [-0.4, -0.2) is 22.7 Å². The summed E-state index contributed by atoms with van der Waals surface area (Å²) in [5.41, 5.74) is 6.45. The predicted molar refractivity (Wildman–Crippen MR) is 147 cm³/mol. The van der Waals surface area contributed by atoms with Gasteiger partial charge in [-0.3, -0.25) is 0 Å². The van der Waals surface area contributed by atoms with Crippen molar-refractivity contribution in [2.75, 3.05) is 6.54 Å². The minimum absolute atomic E-state index is 0.818. The molecule has 0 unspecified atom stereocenters. The van der Waals surface area contributed by atoms with E-state index in [0.29, 0.717) is 0 Å². The van der Waals surface area contributed by atoms with Crippen LogP contribution in [0.3, 0.4) is 0 Å². The highest BCUT2D eigenvalue weighted by atomic mass is 28.4. The summed E-state index contributed by atoms with van der Waals surface area (Å²) in [5, 5.41) is 0.995. The molecule has 0 atom stereocenters. The predicted octanol–water partition coefficient (Wildman–Crippen LogP) is 9.08. The molecule has 0 spiro atoms. The fourth-order valence-corrected chi connectivity index (χ4v) is 29.0. The number of rotatable bonds is 16. The van der Waals surface area contributed by atoms with Crippen molar-refractivity contribution in [3.63, 3.8) is 0 Å². The van der Waals surface area contributed by atoms with Gasteiger partial charge in [-0.05, 0) is 53.6 Å². The van der Waals surface area contributed by atoms with Crippen LogP contribution >= 0.6 is 0 Å². The second kappa shape index (κ2) is 13.8. The Kier molecular flexibility index (Phi) is 14.0. The van der Waals surface area contributed by atoms with Crippen LogP contribution in [0.25, 0.3) is 0 Å². The van der Waals surface area contributed by atoms with Crippen molar-refractivity contribution in [2.45, 2.75) is 131 Å². The largest absolute Gasteiger partial charge is 0.330 e. The van der Waals surface area contributed by atoms with Crippen LogP contribution < -0.4 is 5.73 Å². The van der Waals surface area contributed by atoms with Crippen LogP contribution in [-0.2, 0) is 0 Å². The molecule has 0 aliphatic heterocycles. The summed E-state index contributed by atoms with van der Waals surface area (Å²) in [6.07, 6.45) is 1.32. The first-order chi connectivity index (χ1) is 13.7. The van der Waals surface area contributed by atoms with Gasteiger partial charge in [-0.25, -0.2) is 0 Å². The molecule has 182 valence electrons. The topological polar surface area (TPSA) is 26.0 Å². The zero-order valence-corrected chi connectivity index (χ0v) is 25.3. The average Bonchev–Trinajstić information content (AvgIpc) is 2.47. The van der Waals surface area contributed by atoms with E-state index >= 15 is 0 Å². The summed E-state index contributed by atoms with van der Waals surface area (Å²) in [7, 11) is -2.98. The van der Waals surface area contributed by atoms with E-state index in [9.17, 15) is 0 Å². The molecule has 0 bridgehead atoms. The van der Waals surface area contributed by atoms with Gasteiger partial charge in [0, 0.05) is 0 Å². The van der Waals surface area contributed by atoms with Crippen LogP contribution in [0.1, 0.15) is 89.5 Å². The van der Waals surface area contributed by atoms with E-state index in [1.165, 1.54) is 42.7 Å². The molecule has 0 aliphatic rings. The van der Waals surface area contributed by atoms with E-state index in [4.69, 9.17) is 5.73 Å². The Labute approximate surface area is 194 Å². The molecule has 0 fully saturated rings. The normalized spacial score (nSPS) is 14.0. The molecule has 0 aromatic heterocycles. The molecule has 0 radical (unpaired) electrons. The summed E-state index contributed by atoms with van der Waals surface area (Å²) in [5.74, 6) is 4.91. The number of nitrogens with two attached hydrogens (primary N) is 1. The van der Waals surface area contributed by atoms with Gasteiger partial charge in [-0.15, -0.1) is 0 Å². The van der Waals surface area contributed by atoms with Gasteiger partial charge in [-0.2, -0.15) is 0 Å². The lowest BCUT2D eigenvalue weighted by Gasteiger charge is -2.54. The summed E-state index contributed by atoms with van der Waals surface area (Å²) in [6, 6.07) is 9.15. The van der Waals surface area contributed by atoms with Crippen LogP contribution in [0.4, 0.5) is 0 Å². The fourth-order valence-electron chi connectivity index (χ4n) is 7.66. The second-order valence-electron chi connectivity index (χ2n) is 13.4. The minimum atomic E-state index is -1.49. The smallest absolute Gasteiger partial charge is 0.0548 e. The van der Waals surface area contributed by atoms with E-state index in [-0.39, 0.29) is 0 Å². The Balaban J connectivity index is 6.86. The molecule has 0 saturated heterocycles. The highest BCUT2D eigenvalue weighted by molar-refractivity contribution is 6.99. The second-order valence-corrected chi connectivity index (χ2v) is 23.3. The summed E-state index contributed by atoms with van der Waals surface area (Å²) in [4.78, 5) is 0. The van der Waals surface area contributed by atoms with Gasteiger partial charge in [0.05, 0.1) is 16.1 Å². The van der Waals surface area contributed by atoms with Crippen molar-refractivity contribution >= 4 is 16.1 Å². The van der Waals surface area contributed by atoms with E-state index < -0.39 is 16.1 Å². The zero-order valence-electron chi connectivity index (χ0n) is 23.3. The summed E-state index contributed by atoms with van der Waals surface area (Å²) in [6.45, 7) is 30.9. The molecule has 30 heavy (non-hydrogen) atoms. The third-order valence-electron chi connectivity index (χ3n) is 6.82. The quantitative estimate of drug-likeness (QED) is 0.231. The van der Waals surface area contributed by atoms with Crippen molar-refractivity contribution in [3.8, 4) is 0 Å². The molecule has 1 nitrogen and oxygen atoms in total. The standard InChI is InChI=1S/C27H61NSi2/c1-21(2)15-29(16-22(3)4,17-23(5)6)27(13-14-28)30(18-24(7)8,19-25(9)10)20-26(11)12/h21-27H,13-20,28H2,1-12H3. The lowest BCUT2D eigenvalue weighted by Crippen LogP contribution is -2.57. The van der Waals surface area contributed by atoms with Crippen molar-refractivity contribution in [3.05, 3.63) is 0 Å². The van der Waals surface area contributed by atoms with Crippen LogP contribution in [0.5, 0.6) is 0 Å². The first kappa shape index (κ1) is 30.4. The molecule has 2 N–H and O–H groups in total. The monoisotopic (exact) mass is 455 g/mol. The van der Waals surface area contributed by atoms with Crippen molar-refractivity contribution in [1.82, 2.24) is 0 Å². The first-order valence-electron chi connectivity index (χ1n) is 13.4. The highest BCUT2D eigenvalue weighted by Crippen LogP contribution is 2.53. The Hall–Kier alpha value is 0.394. The van der Waals surface area contributed by atoms with E-state index in [1.54, 1.807) is 0 Å². The van der Waals surface area contributed by atoms with Crippen molar-refractivity contribution in [2.24, 2.45) is 41.2 Å². The Bertz CT molecular complexity index is 349. The molecule has 0 rings (SSSR count). The van der Waals surface area contributed by atoms with Crippen LogP contribution in [0, 0.1) is 35.5 Å². The van der Waals surface area contributed by atoms with E-state index in [2.05, 4.69) is 83.1 Å². The molecule has 0 saturated carbocycles. The molecule has 0 amide bonds. The van der Waals surface area contributed by atoms with Crippen molar-refractivity contribution < 1.29 is 0 Å². The molecular weight excluding hydrogens is 394 g/mol. The molecule has 0 heterocycles. The molecule has 0 aromatic rings. The van der Waals surface area contributed by atoms with Gasteiger partial charge in [0.2, 0.25) is 0 Å². The lowest BCUT2D eigenvalue weighted by molar-refractivity contribution is 0.598. The summed E-state index contributed by atoms with van der Waals surface area (Å²) < 4.78 is 0. The maximum atomic E-state index is 6.45. The lowest BCUT2D eigenvalue weighted by atomic mass is 10.2. The maximum absolute atomic E-state index is 6.45. The van der Waals surface area contributed by atoms with Crippen LogP contribution in [0.2, 0.25) is 41.4 Å². The van der Waals surface area contributed by atoms with Gasteiger partial charge in [0.1, 0.15) is 0 Å². The number of hydrogen-bond acceptors (Lipinski definition) is 1. The van der Waals surface area contributed by atoms with Gasteiger partial charge < -0.3 is 5.73 Å². The third-order valence-corrected chi connectivity index (χ3v) is 23.8. The fraction of sp³-hybridized carbons (Fsp3) is 1.00. The van der Waals surface area contributed by atoms with Gasteiger partial charge in [0.25, 0.3) is 0 Å². The average molecular weight is 456 g/mol. The first-order valence-corrected chi connectivity index (χ1v) is 18.8. The van der Waals surface area contributed by atoms with Crippen molar-refractivity contribution in [1.29, 1.82) is 0 Å². The Morgan fingerprint density at radius 3 is 0.767 bits per heavy atom. The molecule has 0 aromatic carbocycles. The molecular formula is C27H61NSi2. The highest BCUT2D eigenvalue weighted by Gasteiger charge is 2.53. The Morgan fingerprint density at radius 1 is 0.433 bits per heavy atom. The number of hydrogen-bond donors (Lipinski definition) is 1. The molecule has 3 heteroatoms. The van der Waals surface area contributed by atoms with Crippen LogP contribution in [0.15, 0.2) is 0 Å². The van der Waals surface area contributed by atoms with E-state index in [1.807, 2.05) is 0 Å². The van der Waals surface area contributed by atoms with E-state index in [0.717, 1.165) is 47.2 Å². The SMILES string of the molecule is CC(C)C[Si](CC(C)C)(CC(C)C)C(CCN)[Si](CC(C)C)(CC(C)C)CC(C)C. The van der Waals surface area contributed by atoms with Gasteiger partial charge in [0.15, 0.2) is 0 Å². The zero-order chi connectivity index (χ0) is 23.7. The molecule has 0 aliphatic carbocycles. The summed E-state index contributed by atoms with van der Waals surface area (Å²) >= 11 is 0.